The molecule has 1 aromatic rings. The number of hydrogen-bond donors (Lipinski definition) is 1. The molecule has 0 bridgehead atoms. The molecule has 1 fully saturated rings. The summed E-state index contributed by atoms with van der Waals surface area (Å²) in [6, 6.07) is 7.48. The van der Waals surface area contributed by atoms with Crippen molar-refractivity contribution >= 4 is 32.5 Å². The van der Waals surface area contributed by atoms with E-state index in [0.717, 1.165) is 16.6 Å². The number of aliphatic imine (C=N–C) groups is 1. The number of nitrogens with zero attached hydrogens (tertiary/aromatic N) is 1. The van der Waals surface area contributed by atoms with Crippen LogP contribution in [0.2, 0.25) is 0 Å². The van der Waals surface area contributed by atoms with Gasteiger partial charge in [-0.3, -0.25) is 4.99 Å². The van der Waals surface area contributed by atoms with Crippen LogP contribution >= 0.6 is 11.8 Å². The molecule has 0 saturated carbocycles. The van der Waals surface area contributed by atoms with Crippen molar-refractivity contribution in [3.8, 4) is 5.75 Å². The summed E-state index contributed by atoms with van der Waals surface area (Å²) in [5, 5.41) is 4.07. The number of methoxy groups -OCH3 is 1. The van der Waals surface area contributed by atoms with Crippen molar-refractivity contribution in [1.82, 2.24) is 0 Å². The fourth-order valence-corrected chi connectivity index (χ4v) is 5.92. The van der Waals surface area contributed by atoms with Gasteiger partial charge in [0.05, 0.1) is 24.7 Å². The average Bonchev–Trinajstić information content (AvgIpc) is 2.82. The summed E-state index contributed by atoms with van der Waals surface area (Å²) < 4.78 is 28.1. The fourth-order valence-electron chi connectivity index (χ4n) is 2.24. The topological polar surface area (TPSA) is 67.8 Å². The third-order valence-corrected chi connectivity index (χ3v) is 6.28. The number of fused-ring (bicyclic) bond motifs is 1. The first-order valence-corrected chi connectivity index (χ1v) is 8.62. The Balaban J connectivity index is 1.72. The van der Waals surface area contributed by atoms with Crippen LogP contribution in [0.15, 0.2) is 29.3 Å². The zero-order chi connectivity index (χ0) is 13.5. The normalized spacial score (nSPS) is 27.7. The van der Waals surface area contributed by atoms with E-state index in [1.54, 1.807) is 7.11 Å². The van der Waals surface area contributed by atoms with Gasteiger partial charge < -0.3 is 10.1 Å². The molecule has 2 heterocycles. The summed E-state index contributed by atoms with van der Waals surface area (Å²) >= 11 is 1.51. The highest BCUT2D eigenvalue weighted by Crippen LogP contribution is 2.34. The van der Waals surface area contributed by atoms with E-state index in [4.69, 9.17) is 4.74 Å². The standard InChI is InChI=1S/C12H14N2O3S2/c1-17-9-4-2-3-8(5-9)13-12-14-10-6-19(15,16)7-11(10)18-12/h2-5,10-11H,6-7H2,1H3,(H,13,14)/t10-,11+/m1/s1. The number of nitrogens with one attached hydrogen (secondary N) is 1. The molecular formula is C12H14N2O3S2. The SMILES string of the molecule is COc1cccc(NC2=N[C@@H]3CS(=O)(=O)C[C@@H]3S2)c1. The Kier molecular flexibility index (Phi) is 3.18. The maximum atomic E-state index is 11.5. The predicted molar refractivity (Wildman–Crippen MR) is 77.9 cm³/mol. The van der Waals surface area contributed by atoms with Gasteiger partial charge in [-0.25, -0.2) is 8.42 Å². The molecule has 3 rings (SSSR count). The molecule has 1 N–H and O–H groups in total. The van der Waals surface area contributed by atoms with Crippen LogP contribution < -0.4 is 10.1 Å². The Hall–Kier alpha value is -1.21. The van der Waals surface area contributed by atoms with E-state index in [1.807, 2.05) is 24.3 Å². The molecule has 2 aliphatic heterocycles. The molecule has 1 saturated heterocycles. The van der Waals surface area contributed by atoms with E-state index >= 15 is 0 Å². The van der Waals surface area contributed by atoms with Gasteiger partial charge in [0.25, 0.3) is 0 Å². The second-order valence-electron chi connectivity index (χ2n) is 4.59. The van der Waals surface area contributed by atoms with E-state index in [2.05, 4.69) is 10.3 Å². The highest BCUT2D eigenvalue weighted by molar-refractivity contribution is 8.15. The van der Waals surface area contributed by atoms with Crippen molar-refractivity contribution in [2.24, 2.45) is 4.99 Å². The number of sulfone groups is 1. The smallest absolute Gasteiger partial charge is 0.161 e. The third kappa shape index (κ3) is 2.71. The number of benzene rings is 1. The van der Waals surface area contributed by atoms with E-state index in [1.165, 1.54) is 11.8 Å². The van der Waals surface area contributed by atoms with E-state index in [0.29, 0.717) is 0 Å². The van der Waals surface area contributed by atoms with Crippen LogP contribution in [0, 0.1) is 0 Å². The van der Waals surface area contributed by atoms with Gasteiger partial charge in [0.2, 0.25) is 0 Å². The largest absolute Gasteiger partial charge is 0.497 e. The minimum atomic E-state index is -2.89. The average molecular weight is 298 g/mol. The molecule has 0 radical (unpaired) electrons. The van der Waals surface area contributed by atoms with Crippen LogP contribution in [0.4, 0.5) is 5.69 Å². The molecule has 102 valence electrons. The second kappa shape index (κ2) is 4.72. The molecule has 2 atom stereocenters. The van der Waals surface area contributed by atoms with Crippen molar-refractivity contribution < 1.29 is 13.2 Å². The Morgan fingerprint density at radius 2 is 2.26 bits per heavy atom. The first-order valence-electron chi connectivity index (χ1n) is 5.92. The lowest BCUT2D eigenvalue weighted by Crippen LogP contribution is -2.13. The molecule has 2 aliphatic rings. The maximum Gasteiger partial charge on any atom is 0.161 e. The summed E-state index contributed by atoms with van der Waals surface area (Å²) in [6.45, 7) is 0. The van der Waals surface area contributed by atoms with Gasteiger partial charge in [-0.05, 0) is 12.1 Å². The molecule has 0 aromatic heterocycles. The van der Waals surface area contributed by atoms with Gasteiger partial charge in [-0.2, -0.15) is 0 Å². The highest BCUT2D eigenvalue weighted by atomic mass is 32.2. The maximum absolute atomic E-state index is 11.5. The summed E-state index contributed by atoms with van der Waals surface area (Å²) in [4.78, 5) is 4.44. The van der Waals surface area contributed by atoms with Gasteiger partial charge >= 0.3 is 0 Å². The Bertz CT molecular complexity index is 628. The number of thioether (sulfide) groups is 1. The van der Waals surface area contributed by atoms with E-state index < -0.39 is 9.84 Å². The molecule has 0 amide bonds. The first kappa shape index (κ1) is 12.8. The highest BCUT2D eigenvalue weighted by Gasteiger charge is 2.42. The Labute approximate surface area is 116 Å². The van der Waals surface area contributed by atoms with Crippen molar-refractivity contribution in [2.75, 3.05) is 23.9 Å². The van der Waals surface area contributed by atoms with Crippen LogP contribution in [0.3, 0.4) is 0 Å². The third-order valence-electron chi connectivity index (χ3n) is 3.14. The molecule has 19 heavy (non-hydrogen) atoms. The quantitative estimate of drug-likeness (QED) is 0.893. The number of rotatable bonds is 2. The van der Waals surface area contributed by atoms with Crippen LogP contribution in [0.25, 0.3) is 0 Å². The van der Waals surface area contributed by atoms with Gasteiger partial charge in [0.1, 0.15) is 5.75 Å². The van der Waals surface area contributed by atoms with Gasteiger partial charge in [0.15, 0.2) is 15.0 Å². The first-order chi connectivity index (χ1) is 9.05. The second-order valence-corrected chi connectivity index (χ2v) is 7.97. The minimum Gasteiger partial charge on any atom is -0.497 e. The summed E-state index contributed by atoms with van der Waals surface area (Å²) in [7, 11) is -1.27. The molecule has 1 aromatic carbocycles. The molecule has 5 nitrogen and oxygen atoms in total. The summed E-state index contributed by atoms with van der Waals surface area (Å²) in [5.41, 5.74) is 0.897. The van der Waals surface area contributed by atoms with Gasteiger partial charge in [-0.15, -0.1) is 0 Å². The molecule has 0 aliphatic carbocycles. The number of ether oxygens (including phenoxy) is 1. The molecule has 0 spiro atoms. The number of anilines is 1. The van der Waals surface area contributed by atoms with Crippen molar-refractivity contribution in [3.63, 3.8) is 0 Å². The zero-order valence-corrected chi connectivity index (χ0v) is 12.0. The number of amidine groups is 1. The van der Waals surface area contributed by atoms with Crippen LogP contribution in [0.5, 0.6) is 5.75 Å². The summed E-state index contributed by atoms with van der Waals surface area (Å²) in [5.74, 6) is 1.18. The van der Waals surface area contributed by atoms with Gasteiger partial charge in [0, 0.05) is 17.0 Å². The van der Waals surface area contributed by atoms with Crippen molar-refractivity contribution in [2.45, 2.75) is 11.3 Å². The van der Waals surface area contributed by atoms with Crippen LogP contribution in [-0.2, 0) is 9.84 Å². The zero-order valence-electron chi connectivity index (χ0n) is 10.4. The fraction of sp³-hybridized carbons (Fsp3) is 0.417. The molecular weight excluding hydrogens is 284 g/mol. The van der Waals surface area contributed by atoms with E-state index in [9.17, 15) is 8.42 Å². The number of hydrogen-bond acceptors (Lipinski definition) is 6. The van der Waals surface area contributed by atoms with E-state index in [-0.39, 0.29) is 22.8 Å². The van der Waals surface area contributed by atoms with Crippen LogP contribution in [-0.4, -0.2) is 43.5 Å². The van der Waals surface area contributed by atoms with Gasteiger partial charge in [-0.1, -0.05) is 17.8 Å². The van der Waals surface area contributed by atoms with Crippen molar-refractivity contribution in [3.05, 3.63) is 24.3 Å². The lowest BCUT2D eigenvalue weighted by molar-refractivity contribution is 0.415. The Morgan fingerprint density at radius 3 is 3.00 bits per heavy atom. The monoisotopic (exact) mass is 298 g/mol. The van der Waals surface area contributed by atoms with Crippen LogP contribution in [0.1, 0.15) is 0 Å². The summed E-state index contributed by atoms with van der Waals surface area (Å²) in [6.07, 6.45) is 0. The molecule has 0 unspecified atom stereocenters. The minimum absolute atomic E-state index is 0.0677. The lowest BCUT2D eigenvalue weighted by Gasteiger charge is -2.08. The van der Waals surface area contributed by atoms with Crippen molar-refractivity contribution in [1.29, 1.82) is 0 Å². The lowest BCUT2D eigenvalue weighted by atomic mass is 10.3. The predicted octanol–water partition coefficient (Wildman–Crippen LogP) is 1.38. The molecule has 7 heteroatoms. The Morgan fingerprint density at radius 1 is 1.42 bits per heavy atom.